The fraction of sp³-hybridized carbons (Fsp3) is 0.286. The number of benzene rings is 1. The number of rotatable bonds is 4. The first-order chi connectivity index (χ1) is 9.88. The molecule has 2 rings (SSSR count). The van der Waals surface area contributed by atoms with Crippen LogP contribution in [0.2, 0.25) is 0 Å². The van der Waals surface area contributed by atoms with Gasteiger partial charge in [-0.15, -0.1) is 0 Å². The lowest BCUT2D eigenvalue weighted by Crippen LogP contribution is -2.12. The van der Waals surface area contributed by atoms with E-state index in [1.807, 2.05) is 13.8 Å². The molecule has 0 aliphatic carbocycles. The van der Waals surface area contributed by atoms with E-state index >= 15 is 0 Å². The number of H-pyrrole nitrogens is 1. The summed E-state index contributed by atoms with van der Waals surface area (Å²) < 4.78 is 0. The molecule has 0 saturated carbocycles. The molecule has 110 valence electrons. The van der Waals surface area contributed by atoms with Crippen molar-refractivity contribution in [3.63, 3.8) is 0 Å². The number of nitrogens with zero attached hydrogens (tertiary/aromatic N) is 2. The average Bonchev–Trinajstić information content (AvgIpc) is 2.87. The number of nitrogens with one attached hydrogen (secondary N) is 2. The summed E-state index contributed by atoms with van der Waals surface area (Å²) in [5, 5.41) is 20.3. The predicted octanol–water partition coefficient (Wildman–Crippen LogP) is 3.00. The number of nitro groups is 1. The zero-order chi connectivity index (χ0) is 15.6. The summed E-state index contributed by atoms with van der Waals surface area (Å²) in [6.07, 6.45) is 0. The number of carbonyl (C=O) groups excluding carboxylic acids is 1. The smallest absolute Gasteiger partial charge is 0.273 e. The molecular formula is C14H16N4O3. The number of hydrogen-bond acceptors (Lipinski definition) is 4. The Kier molecular flexibility index (Phi) is 4.02. The Bertz CT molecular complexity index is 691. The van der Waals surface area contributed by atoms with Gasteiger partial charge in [0.1, 0.15) is 0 Å². The molecule has 0 saturated heterocycles. The van der Waals surface area contributed by atoms with Gasteiger partial charge in [-0.25, -0.2) is 0 Å². The van der Waals surface area contributed by atoms with Crippen molar-refractivity contribution in [3.05, 3.63) is 51.2 Å². The van der Waals surface area contributed by atoms with Crippen LogP contribution in [0.4, 0.5) is 11.5 Å². The normalized spacial score (nSPS) is 10.7. The van der Waals surface area contributed by atoms with E-state index in [-0.39, 0.29) is 17.2 Å². The molecular weight excluding hydrogens is 272 g/mol. The molecule has 2 N–H and O–H groups in total. The van der Waals surface area contributed by atoms with Crippen molar-refractivity contribution in [2.24, 2.45) is 0 Å². The third-order valence-corrected chi connectivity index (χ3v) is 3.13. The number of aromatic amines is 1. The number of carbonyl (C=O) groups is 1. The molecule has 1 aromatic heterocycles. The van der Waals surface area contributed by atoms with Crippen LogP contribution in [0.3, 0.4) is 0 Å². The Labute approximate surface area is 121 Å². The van der Waals surface area contributed by atoms with Crippen molar-refractivity contribution in [2.45, 2.75) is 26.7 Å². The summed E-state index contributed by atoms with van der Waals surface area (Å²) in [6, 6.07) is 6.11. The third kappa shape index (κ3) is 3.25. The van der Waals surface area contributed by atoms with Gasteiger partial charge in [0, 0.05) is 29.0 Å². The van der Waals surface area contributed by atoms with Gasteiger partial charge >= 0.3 is 0 Å². The number of anilines is 1. The lowest BCUT2D eigenvalue weighted by atomic mass is 10.1. The minimum absolute atomic E-state index is 0.0763. The highest BCUT2D eigenvalue weighted by Crippen LogP contribution is 2.20. The number of hydrogen-bond donors (Lipinski definition) is 2. The predicted molar refractivity (Wildman–Crippen MR) is 78.5 cm³/mol. The number of aromatic nitrogens is 2. The molecule has 0 atom stereocenters. The summed E-state index contributed by atoms with van der Waals surface area (Å²) in [4.78, 5) is 22.5. The van der Waals surface area contributed by atoms with Gasteiger partial charge in [-0.05, 0) is 18.9 Å². The van der Waals surface area contributed by atoms with Crippen LogP contribution in [0.15, 0.2) is 24.3 Å². The molecule has 1 aromatic carbocycles. The monoisotopic (exact) mass is 288 g/mol. The van der Waals surface area contributed by atoms with Crippen LogP contribution >= 0.6 is 0 Å². The largest absolute Gasteiger partial charge is 0.305 e. The maximum absolute atomic E-state index is 12.1. The molecule has 7 nitrogen and oxygen atoms in total. The van der Waals surface area contributed by atoms with Crippen molar-refractivity contribution >= 4 is 17.4 Å². The van der Waals surface area contributed by atoms with Crippen LogP contribution in [0.1, 0.15) is 41.4 Å². The van der Waals surface area contributed by atoms with Gasteiger partial charge < -0.3 is 5.32 Å². The van der Waals surface area contributed by atoms with Crippen molar-refractivity contribution in [1.82, 2.24) is 10.2 Å². The van der Waals surface area contributed by atoms with E-state index in [2.05, 4.69) is 15.5 Å². The second-order valence-corrected chi connectivity index (χ2v) is 5.08. The lowest BCUT2D eigenvalue weighted by molar-refractivity contribution is -0.385. The van der Waals surface area contributed by atoms with Crippen molar-refractivity contribution in [2.75, 3.05) is 5.32 Å². The lowest BCUT2D eigenvalue weighted by Gasteiger charge is -2.03. The summed E-state index contributed by atoms with van der Waals surface area (Å²) in [7, 11) is 0. The second-order valence-electron chi connectivity index (χ2n) is 5.08. The fourth-order valence-corrected chi connectivity index (χ4v) is 1.83. The van der Waals surface area contributed by atoms with Crippen LogP contribution in [-0.2, 0) is 0 Å². The minimum Gasteiger partial charge on any atom is -0.305 e. The van der Waals surface area contributed by atoms with E-state index in [1.165, 1.54) is 6.07 Å². The Morgan fingerprint density at radius 2 is 2.10 bits per heavy atom. The van der Waals surface area contributed by atoms with Crippen LogP contribution in [0.5, 0.6) is 0 Å². The first kappa shape index (κ1) is 14.7. The van der Waals surface area contributed by atoms with E-state index in [0.29, 0.717) is 11.4 Å². The Balaban J connectivity index is 2.20. The molecule has 0 spiro atoms. The fourth-order valence-electron chi connectivity index (χ4n) is 1.83. The van der Waals surface area contributed by atoms with E-state index in [0.717, 1.165) is 5.69 Å². The van der Waals surface area contributed by atoms with Gasteiger partial charge in [0.05, 0.1) is 4.92 Å². The van der Waals surface area contributed by atoms with E-state index in [9.17, 15) is 14.9 Å². The molecule has 21 heavy (non-hydrogen) atoms. The minimum atomic E-state index is -0.502. The standard InChI is InChI=1S/C14H16N4O3/c1-8(2)11-7-13(17-16-11)15-14(19)10-5-4-9(3)12(6-10)18(20)21/h4-8H,1-3H3,(H2,15,16,17,19). The molecule has 0 bridgehead atoms. The van der Waals surface area contributed by atoms with Crippen LogP contribution in [0, 0.1) is 17.0 Å². The quantitative estimate of drug-likeness (QED) is 0.667. The second kappa shape index (κ2) is 5.74. The Morgan fingerprint density at radius 3 is 2.67 bits per heavy atom. The zero-order valence-corrected chi connectivity index (χ0v) is 12.0. The van der Waals surface area contributed by atoms with Gasteiger partial charge in [-0.2, -0.15) is 5.10 Å². The highest BCUT2D eigenvalue weighted by Gasteiger charge is 2.16. The van der Waals surface area contributed by atoms with Crippen molar-refractivity contribution < 1.29 is 9.72 Å². The summed E-state index contributed by atoms with van der Waals surface area (Å²) in [5.41, 5.74) is 1.56. The van der Waals surface area contributed by atoms with Crippen LogP contribution in [-0.4, -0.2) is 21.0 Å². The number of aryl methyl sites for hydroxylation is 1. The first-order valence-corrected chi connectivity index (χ1v) is 6.50. The maximum atomic E-state index is 12.1. The van der Waals surface area contributed by atoms with E-state index < -0.39 is 10.8 Å². The van der Waals surface area contributed by atoms with E-state index in [1.54, 1.807) is 25.1 Å². The van der Waals surface area contributed by atoms with Gasteiger partial charge in [0.2, 0.25) is 0 Å². The van der Waals surface area contributed by atoms with Crippen LogP contribution < -0.4 is 5.32 Å². The molecule has 0 fully saturated rings. The number of nitro benzene ring substituents is 1. The first-order valence-electron chi connectivity index (χ1n) is 6.50. The number of amides is 1. The highest BCUT2D eigenvalue weighted by molar-refractivity contribution is 6.04. The molecule has 0 aliphatic heterocycles. The highest BCUT2D eigenvalue weighted by atomic mass is 16.6. The molecule has 0 unspecified atom stereocenters. The van der Waals surface area contributed by atoms with Gasteiger partial charge in [0.25, 0.3) is 11.6 Å². The molecule has 0 radical (unpaired) electrons. The molecule has 7 heteroatoms. The molecule has 1 amide bonds. The third-order valence-electron chi connectivity index (χ3n) is 3.13. The zero-order valence-electron chi connectivity index (χ0n) is 12.0. The SMILES string of the molecule is Cc1ccc(C(=O)Nc2cc(C(C)C)[nH]n2)cc1[N+](=O)[O-]. The average molecular weight is 288 g/mol. The Hall–Kier alpha value is -2.70. The van der Waals surface area contributed by atoms with Crippen LogP contribution in [0.25, 0.3) is 0 Å². The van der Waals surface area contributed by atoms with Gasteiger partial charge in [0.15, 0.2) is 5.82 Å². The van der Waals surface area contributed by atoms with Gasteiger partial charge in [-0.1, -0.05) is 19.9 Å². The molecule has 2 aromatic rings. The summed E-state index contributed by atoms with van der Waals surface area (Å²) >= 11 is 0. The van der Waals surface area contributed by atoms with Crippen molar-refractivity contribution in [3.8, 4) is 0 Å². The summed E-state index contributed by atoms with van der Waals surface area (Å²) in [5.74, 6) is 0.232. The van der Waals surface area contributed by atoms with E-state index in [4.69, 9.17) is 0 Å². The van der Waals surface area contributed by atoms with Crippen molar-refractivity contribution in [1.29, 1.82) is 0 Å². The Morgan fingerprint density at radius 1 is 1.38 bits per heavy atom. The van der Waals surface area contributed by atoms with Gasteiger partial charge in [-0.3, -0.25) is 20.0 Å². The summed E-state index contributed by atoms with van der Waals surface area (Å²) in [6.45, 7) is 5.63. The molecule has 0 aliphatic rings. The maximum Gasteiger partial charge on any atom is 0.273 e. The molecule has 1 heterocycles. The topological polar surface area (TPSA) is 101 Å².